The fourth-order valence-corrected chi connectivity index (χ4v) is 4.97. The lowest BCUT2D eigenvalue weighted by molar-refractivity contribution is 0.0981. The molecule has 1 aromatic heterocycles. The minimum Gasteiger partial charge on any atom is -0.302 e. The van der Waals surface area contributed by atoms with E-state index in [1.165, 1.54) is 5.56 Å². The number of anilines is 1. The van der Waals surface area contributed by atoms with Crippen LogP contribution in [0.25, 0.3) is 10.2 Å². The van der Waals surface area contributed by atoms with Gasteiger partial charge in [-0.1, -0.05) is 50.3 Å². The average Bonchev–Trinajstić information content (AvgIpc) is 3.19. The topological polar surface area (TPSA) is 36.4 Å². The molecule has 6 heteroatoms. The molecule has 0 fully saturated rings. The number of likely N-dealkylation sites (N-methyl/N-ethyl adjacent to an activating group) is 1. The second kappa shape index (κ2) is 10.2. The molecule has 0 aliphatic carbocycles. The van der Waals surface area contributed by atoms with Crippen LogP contribution in [-0.2, 0) is 6.42 Å². The van der Waals surface area contributed by atoms with Gasteiger partial charge in [-0.3, -0.25) is 9.69 Å². The van der Waals surface area contributed by atoms with Crippen molar-refractivity contribution in [2.24, 2.45) is 0 Å². The zero-order valence-electron chi connectivity index (χ0n) is 17.6. The number of hydrogen-bond acceptors (Lipinski definition) is 5. The molecule has 0 radical (unpaired) electrons. The number of benzene rings is 2. The summed E-state index contributed by atoms with van der Waals surface area (Å²) in [5.41, 5.74) is 3.00. The summed E-state index contributed by atoms with van der Waals surface area (Å²) < 4.78 is 1.14. The van der Waals surface area contributed by atoms with E-state index in [1.807, 2.05) is 35.4 Å². The maximum Gasteiger partial charge on any atom is 0.261 e. The van der Waals surface area contributed by atoms with Crippen molar-refractivity contribution in [3.8, 4) is 0 Å². The summed E-state index contributed by atoms with van der Waals surface area (Å²) in [5, 5.41) is 0.779. The Hall–Kier alpha value is -1.89. The van der Waals surface area contributed by atoms with Crippen molar-refractivity contribution >= 4 is 44.4 Å². The van der Waals surface area contributed by atoms with Gasteiger partial charge in [0.1, 0.15) is 0 Å². The summed E-state index contributed by atoms with van der Waals surface area (Å²) in [5.74, 6) is 0.0249. The van der Waals surface area contributed by atoms with Crippen molar-refractivity contribution in [1.29, 1.82) is 0 Å². The van der Waals surface area contributed by atoms with Gasteiger partial charge >= 0.3 is 0 Å². The molecule has 0 aliphatic heterocycles. The van der Waals surface area contributed by atoms with E-state index in [0.29, 0.717) is 6.54 Å². The van der Waals surface area contributed by atoms with E-state index >= 15 is 0 Å². The molecule has 1 amide bonds. The highest BCUT2D eigenvalue weighted by atomic mass is 32.2. The average molecular weight is 428 g/mol. The van der Waals surface area contributed by atoms with Gasteiger partial charge in [0.25, 0.3) is 5.91 Å². The summed E-state index contributed by atoms with van der Waals surface area (Å²) in [7, 11) is 0. The molecular weight excluding hydrogens is 398 g/mol. The van der Waals surface area contributed by atoms with Crippen molar-refractivity contribution in [1.82, 2.24) is 9.88 Å². The molecule has 0 aliphatic rings. The zero-order chi connectivity index (χ0) is 20.8. The lowest BCUT2D eigenvalue weighted by Gasteiger charge is -2.25. The zero-order valence-corrected chi connectivity index (χ0v) is 19.3. The van der Waals surface area contributed by atoms with Gasteiger partial charge in [0.15, 0.2) is 5.13 Å². The maximum atomic E-state index is 13.6. The first-order valence-electron chi connectivity index (χ1n) is 10.2. The van der Waals surface area contributed by atoms with Gasteiger partial charge in [-0.05, 0) is 55.6 Å². The number of fused-ring (bicyclic) bond motifs is 1. The third-order valence-corrected chi connectivity index (χ3v) is 7.03. The van der Waals surface area contributed by atoms with Crippen LogP contribution in [0.4, 0.5) is 5.13 Å². The predicted octanol–water partition coefficient (Wildman–Crippen LogP) is 5.57. The third kappa shape index (κ3) is 5.00. The summed E-state index contributed by atoms with van der Waals surface area (Å²) in [6.45, 7) is 9.87. The molecule has 29 heavy (non-hydrogen) atoms. The molecular formula is C23H29N3OS2. The van der Waals surface area contributed by atoms with E-state index in [4.69, 9.17) is 4.98 Å². The van der Waals surface area contributed by atoms with Gasteiger partial charge in [0, 0.05) is 18.0 Å². The molecule has 0 spiro atoms. The highest BCUT2D eigenvalue weighted by Gasteiger charge is 2.23. The molecule has 0 N–H and O–H groups in total. The van der Waals surface area contributed by atoms with Crippen LogP contribution >= 0.6 is 23.1 Å². The van der Waals surface area contributed by atoms with E-state index in [9.17, 15) is 4.79 Å². The number of carbonyl (C=O) groups is 1. The summed E-state index contributed by atoms with van der Waals surface area (Å²) in [6, 6.07) is 14.2. The SMILES string of the molecule is CCc1ccc2nc(N(CCN(CC)CC)C(=O)c3ccccc3SC)sc2c1. The molecule has 3 aromatic rings. The Balaban J connectivity index is 1.99. The summed E-state index contributed by atoms with van der Waals surface area (Å²) in [6.07, 6.45) is 3.01. The van der Waals surface area contributed by atoms with Crippen LogP contribution in [0.5, 0.6) is 0 Å². The Bertz CT molecular complexity index is 966. The lowest BCUT2D eigenvalue weighted by Crippen LogP contribution is -2.39. The molecule has 0 saturated heterocycles. The van der Waals surface area contributed by atoms with E-state index in [-0.39, 0.29) is 5.91 Å². The van der Waals surface area contributed by atoms with Gasteiger partial charge in [-0.2, -0.15) is 0 Å². The molecule has 2 aromatic carbocycles. The number of aryl methyl sites for hydroxylation is 1. The minimum atomic E-state index is 0.0249. The van der Waals surface area contributed by atoms with Crippen LogP contribution in [0.3, 0.4) is 0 Å². The minimum absolute atomic E-state index is 0.0249. The number of amides is 1. The third-order valence-electron chi connectivity index (χ3n) is 5.20. The molecule has 154 valence electrons. The first kappa shape index (κ1) is 21.8. The highest BCUT2D eigenvalue weighted by molar-refractivity contribution is 7.98. The normalized spacial score (nSPS) is 11.3. The van der Waals surface area contributed by atoms with E-state index in [1.54, 1.807) is 23.1 Å². The standard InChI is InChI=1S/C23H29N3OS2/c1-5-17-12-13-19-21(16-17)29-23(24-19)26(15-14-25(6-2)7-3)22(27)18-10-8-9-11-20(18)28-4/h8-13,16H,5-7,14-15H2,1-4H3. The second-order valence-corrected chi connectivity index (χ2v) is 8.69. The largest absolute Gasteiger partial charge is 0.302 e. The Kier molecular flexibility index (Phi) is 7.70. The number of rotatable bonds is 9. The molecule has 0 saturated carbocycles. The molecule has 0 bridgehead atoms. The Morgan fingerprint density at radius 1 is 1.07 bits per heavy atom. The fraction of sp³-hybridized carbons (Fsp3) is 0.391. The molecule has 0 atom stereocenters. The number of aromatic nitrogens is 1. The van der Waals surface area contributed by atoms with Crippen molar-refractivity contribution in [3.05, 3.63) is 53.6 Å². The quantitative estimate of drug-likeness (QED) is 0.418. The van der Waals surface area contributed by atoms with Gasteiger partial charge in [0.05, 0.1) is 15.8 Å². The number of nitrogens with zero attached hydrogens (tertiary/aromatic N) is 3. The number of carbonyl (C=O) groups excluding carboxylic acids is 1. The van der Waals surface area contributed by atoms with Crippen molar-refractivity contribution in [2.45, 2.75) is 32.1 Å². The van der Waals surface area contributed by atoms with Crippen molar-refractivity contribution in [2.75, 3.05) is 37.3 Å². The van der Waals surface area contributed by atoms with Gasteiger partial charge in [-0.15, -0.1) is 11.8 Å². The Labute approximate surface area is 181 Å². The first-order valence-corrected chi connectivity index (χ1v) is 12.2. The van der Waals surface area contributed by atoms with Crippen LogP contribution in [-0.4, -0.2) is 48.2 Å². The Morgan fingerprint density at radius 2 is 1.83 bits per heavy atom. The monoisotopic (exact) mass is 427 g/mol. The van der Waals surface area contributed by atoms with Gasteiger partial charge in [0.2, 0.25) is 0 Å². The van der Waals surface area contributed by atoms with Crippen molar-refractivity contribution in [3.63, 3.8) is 0 Å². The first-order chi connectivity index (χ1) is 14.1. The van der Waals surface area contributed by atoms with Gasteiger partial charge < -0.3 is 4.90 Å². The Morgan fingerprint density at radius 3 is 2.52 bits per heavy atom. The summed E-state index contributed by atoms with van der Waals surface area (Å²) >= 11 is 3.21. The maximum absolute atomic E-state index is 13.6. The van der Waals surface area contributed by atoms with E-state index in [0.717, 1.165) is 51.9 Å². The summed E-state index contributed by atoms with van der Waals surface area (Å²) in [4.78, 5) is 23.6. The highest BCUT2D eigenvalue weighted by Crippen LogP contribution is 2.32. The molecule has 0 unspecified atom stereocenters. The molecule has 4 nitrogen and oxygen atoms in total. The van der Waals surface area contributed by atoms with E-state index in [2.05, 4.69) is 43.9 Å². The second-order valence-electron chi connectivity index (χ2n) is 6.84. The van der Waals surface area contributed by atoms with Crippen LogP contribution in [0.15, 0.2) is 47.4 Å². The number of hydrogen-bond donors (Lipinski definition) is 0. The smallest absolute Gasteiger partial charge is 0.261 e. The van der Waals surface area contributed by atoms with Crippen LogP contribution in [0.2, 0.25) is 0 Å². The predicted molar refractivity (Wildman–Crippen MR) is 127 cm³/mol. The molecule has 1 heterocycles. The van der Waals surface area contributed by atoms with Crippen molar-refractivity contribution < 1.29 is 4.79 Å². The van der Waals surface area contributed by atoms with Crippen LogP contribution < -0.4 is 4.90 Å². The number of thioether (sulfide) groups is 1. The fourth-order valence-electron chi connectivity index (χ4n) is 3.32. The van der Waals surface area contributed by atoms with Gasteiger partial charge in [-0.25, -0.2) is 4.98 Å². The van der Waals surface area contributed by atoms with Crippen LogP contribution in [0, 0.1) is 0 Å². The number of thiazole rings is 1. The lowest BCUT2D eigenvalue weighted by atomic mass is 10.2. The van der Waals surface area contributed by atoms with Crippen LogP contribution in [0.1, 0.15) is 36.7 Å². The van der Waals surface area contributed by atoms with E-state index < -0.39 is 0 Å². The molecule has 3 rings (SSSR count).